The Morgan fingerprint density at radius 3 is 2.13 bits per heavy atom. The third kappa shape index (κ3) is 14.3. The summed E-state index contributed by atoms with van der Waals surface area (Å²) in [5, 5.41) is 12.5. The summed E-state index contributed by atoms with van der Waals surface area (Å²) in [6, 6.07) is 9.68. The summed E-state index contributed by atoms with van der Waals surface area (Å²) in [6.45, 7) is 3.15. The van der Waals surface area contributed by atoms with Gasteiger partial charge in [0, 0.05) is 0 Å². The first-order valence-electron chi connectivity index (χ1n) is 12.5. The number of carbonyl (C=O) groups is 1. The van der Waals surface area contributed by atoms with E-state index < -0.39 is 6.10 Å². The molecule has 1 aromatic rings. The number of amides is 1. The van der Waals surface area contributed by atoms with Crippen molar-refractivity contribution in [2.45, 2.75) is 109 Å². The van der Waals surface area contributed by atoms with Crippen LogP contribution in [0.15, 0.2) is 30.3 Å². The van der Waals surface area contributed by atoms with Crippen molar-refractivity contribution >= 4 is 5.91 Å². The molecule has 0 aliphatic heterocycles. The Bertz CT molecular complexity index is 539. The molecule has 0 bridgehead atoms. The maximum Gasteiger partial charge on any atom is 0.249 e. The number of aliphatic hydroxyl groups is 1. The normalized spacial score (nSPS) is 13.1. The highest BCUT2D eigenvalue weighted by atomic mass is 16.5. The Hall–Kier alpha value is -1.43. The number of nitrogens with two attached hydrogens (primary N) is 1. The van der Waals surface area contributed by atoms with E-state index in [1.165, 1.54) is 51.4 Å². The van der Waals surface area contributed by atoms with Gasteiger partial charge in [-0.15, -0.1) is 0 Å². The third-order valence-corrected chi connectivity index (χ3v) is 5.73. The molecule has 0 saturated heterocycles. The topological polar surface area (TPSA) is 84.6 Å². The van der Waals surface area contributed by atoms with E-state index in [-0.39, 0.29) is 18.6 Å². The highest BCUT2D eigenvalue weighted by molar-refractivity contribution is 5.81. The number of hydrogen-bond acceptors (Lipinski definition) is 4. The van der Waals surface area contributed by atoms with E-state index in [4.69, 9.17) is 10.5 Å². The van der Waals surface area contributed by atoms with Gasteiger partial charge >= 0.3 is 0 Å². The van der Waals surface area contributed by atoms with Crippen molar-refractivity contribution in [3.63, 3.8) is 0 Å². The summed E-state index contributed by atoms with van der Waals surface area (Å²) < 4.78 is 6.00. The molecule has 1 rings (SSSR count). The predicted octanol–water partition coefficient (Wildman–Crippen LogP) is 5.10. The average Bonchev–Trinajstić information content (AvgIpc) is 2.80. The highest BCUT2D eigenvalue weighted by Crippen LogP contribution is 2.15. The van der Waals surface area contributed by atoms with E-state index in [2.05, 4.69) is 12.2 Å². The number of nitrogens with one attached hydrogen (secondary N) is 1. The predicted molar refractivity (Wildman–Crippen MR) is 129 cm³/mol. The van der Waals surface area contributed by atoms with Gasteiger partial charge in [0.15, 0.2) is 0 Å². The van der Waals surface area contributed by atoms with Crippen LogP contribution in [-0.2, 0) is 16.1 Å². The zero-order valence-corrected chi connectivity index (χ0v) is 19.7. The highest BCUT2D eigenvalue weighted by Gasteiger charge is 2.21. The van der Waals surface area contributed by atoms with Crippen LogP contribution < -0.4 is 11.1 Å². The van der Waals surface area contributed by atoms with Gasteiger partial charge < -0.3 is 20.9 Å². The van der Waals surface area contributed by atoms with Gasteiger partial charge in [0.25, 0.3) is 0 Å². The lowest BCUT2D eigenvalue weighted by Gasteiger charge is -2.22. The third-order valence-electron chi connectivity index (χ3n) is 5.73. The molecule has 1 amide bonds. The fourth-order valence-electron chi connectivity index (χ4n) is 3.75. The largest absolute Gasteiger partial charge is 0.394 e. The fraction of sp³-hybridized carbons (Fsp3) is 0.731. The second-order valence-corrected chi connectivity index (χ2v) is 8.57. The summed E-state index contributed by atoms with van der Waals surface area (Å²) in [6.07, 6.45) is 14.3. The van der Waals surface area contributed by atoms with Gasteiger partial charge in [0.1, 0.15) is 6.10 Å². The molecular formula is C26H46N2O3. The van der Waals surface area contributed by atoms with Gasteiger partial charge in [0.05, 0.1) is 19.3 Å². The van der Waals surface area contributed by atoms with E-state index in [0.29, 0.717) is 26.0 Å². The van der Waals surface area contributed by atoms with Gasteiger partial charge in [-0.3, -0.25) is 4.79 Å². The summed E-state index contributed by atoms with van der Waals surface area (Å²) in [7, 11) is 0. The van der Waals surface area contributed by atoms with Crippen LogP contribution >= 0.6 is 0 Å². The molecule has 0 heterocycles. The van der Waals surface area contributed by atoms with Crippen LogP contribution in [0.4, 0.5) is 0 Å². The molecular weight excluding hydrogens is 388 g/mol. The van der Waals surface area contributed by atoms with Crippen molar-refractivity contribution < 1.29 is 14.6 Å². The monoisotopic (exact) mass is 434 g/mol. The van der Waals surface area contributed by atoms with Crippen molar-refractivity contribution in [3.05, 3.63) is 35.9 Å². The summed E-state index contributed by atoms with van der Waals surface area (Å²) in [5.41, 5.74) is 6.62. The van der Waals surface area contributed by atoms with Crippen molar-refractivity contribution in [2.75, 3.05) is 13.2 Å². The molecule has 1 unspecified atom stereocenters. The molecule has 4 N–H and O–H groups in total. The first-order valence-corrected chi connectivity index (χ1v) is 12.5. The minimum absolute atomic E-state index is 0.0740. The Kier molecular flexibility index (Phi) is 17.2. The Labute approximate surface area is 190 Å². The van der Waals surface area contributed by atoms with E-state index >= 15 is 0 Å². The van der Waals surface area contributed by atoms with Crippen LogP contribution in [0.5, 0.6) is 0 Å². The smallest absolute Gasteiger partial charge is 0.249 e. The molecule has 0 spiro atoms. The number of carbonyl (C=O) groups excluding carboxylic acids is 1. The zero-order chi connectivity index (χ0) is 22.6. The second kappa shape index (κ2) is 19.3. The van der Waals surface area contributed by atoms with Crippen molar-refractivity contribution in [1.29, 1.82) is 0 Å². The number of unbranched alkanes of at least 4 members (excludes halogenated alkanes) is 9. The number of hydrogen-bond donors (Lipinski definition) is 3. The van der Waals surface area contributed by atoms with Gasteiger partial charge in [-0.1, -0.05) is 101 Å². The molecule has 178 valence electrons. The van der Waals surface area contributed by atoms with Crippen LogP contribution in [0.25, 0.3) is 0 Å². The number of aliphatic hydroxyl groups excluding tert-OH is 1. The molecule has 2 atom stereocenters. The SMILES string of the molecule is CCCCCCCCCCCCC(OCc1ccccc1)C(=O)N[C@@H](CO)CCCN. The standard InChI is InChI=1S/C26H46N2O3/c1-2-3-4-5-6-7-8-9-10-14-19-25(31-22-23-16-12-11-13-17-23)26(30)28-24(21-29)18-15-20-27/h11-13,16-17,24-25,29H,2-10,14-15,18-22,27H2,1H3,(H,28,30)/t24-,25?/m1/s1. The molecule has 5 heteroatoms. The first kappa shape index (κ1) is 27.6. The Morgan fingerprint density at radius 1 is 0.935 bits per heavy atom. The average molecular weight is 435 g/mol. The van der Waals surface area contributed by atoms with Gasteiger partial charge in [0.2, 0.25) is 5.91 Å². The number of rotatable bonds is 20. The van der Waals surface area contributed by atoms with Gasteiger partial charge in [-0.05, 0) is 31.4 Å². The maximum absolute atomic E-state index is 12.8. The molecule has 5 nitrogen and oxygen atoms in total. The number of benzene rings is 1. The van der Waals surface area contributed by atoms with Crippen LogP contribution in [0.1, 0.15) is 96.0 Å². The van der Waals surface area contributed by atoms with Crippen LogP contribution in [-0.4, -0.2) is 36.3 Å². The van der Waals surface area contributed by atoms with E-state index in [9.17, 15) is 9.90 Å². The summed E-state index contributed by atoms with van der Waals surface area (Å²) in [4.78, 5) is 12.8. The van der Waals surface area contributed by atoms with Crippen molar-refractivity contribution in [2.24, 2.45) is 5.73 Å². The lowest BCUT2D eigenvalue weighted by atomic mass is 10.0. The molecule has 0 radical (unpaired) electrons. The number of ether oxygens (including phenoxy) is 1. The maximum atomic E-state index is 12.8. The van der Waals surface area contributed by atoms with E-state index in [1.807, 2.05) is 30.3 Å². The van der Waals surface area contributed by atoms with Crippen LogP contribution in [0, 0.1) is 0 Å². The molecule has 0 saturated carbocycles. The van der Waals surface area contributed by atoms with Crippen molar-refractivity contribution in [1.82, 2.24) is 5.32 Å². The molecule has 0 aromatic heterocycles. The van der Waals surface area contributed by atoms with Gasteiger partial charge in [-0.25, -0.2) is 0 Å². The minimum atomic E-state index is -0.485. The Morgan fingerprint density at radius 2 is 1.55 bits per heavy atom. The minimum Gasteiger partial charge on any atom is -0.394 e. The van der Waals surface area contributed by atoms with Crippen molar-refractivity contribution in [3.8, 4) is 0 Å². The molecule has 1 aromatic carbocycles. The zero-order valence-electron chi connectivity index (χ0n) is 19.7. The molecule has 0 aliphatic rings. The van der Waals surface area contributed by atoms with Gasteiger partial charge in [-0.2, -0.15) is 0 Å². The summed E-state index contributed by atoms with van der Waals surface area (Å²) >= 11 is 0. The molecule has 31 heavy (non-hydrogen) atoms. The quantitative estimate of drug-likeness (QED) is 0.249. The Balaban J connectivity index is 2.38. The fourth-order valence-corrected chi connectivity index (χ4v) is 3.75. The van der Waals surface area contributed by atoms with E-state index in [1.54, 1.807) is 0 Å². The van der Waals surface area contributed by atoms with Crippen LogP contribution in [0.3, 0.4) is 0 Å². The van der Waals surface area contributed by atoms with E-state index in [0.717, 1.165) is 24.8 Å². The lowest BCUT2D eigenvalue weighted by Crippen LogP contribution is -2.44. The molecule has 0 aliphatic carbocycles. The lowest BCUT2D eigenvalue weighted by molar-refractivity contribution is -0.135. The first-order chi connectivity index (χ1) is 15.2. The second-order valence-electron chi connectivity index (χ2n) is 8.57. The van der Waals surface area contributed by atoms with Crippen LogP contribution in [0.2, 0.25) is 0 Å². The summed E-state index contributed by atoms with van der Waals surface area (Å²) in [5.74, 6) is -0.122. The molecule has 0 fully saturated rings.